The molecule has 0 unspecified atom stereocenters. The van der Waals surface area contributed by atoms with Crippen molar-refractivity contribution in [2.45, 2.75) is 25.3 Å². The summed E-state index contributed by atoms with van der Waals surface area (Å²) in [6.07, 6.45) is 5.63. The molecule has 1 N–H and O–H groups in total. The summed E-state index contributed by atoms with van der Waals surface area (Å²) >= 11 is 9.29. The molecule has 1 atom stereocenters. The minimum absolute atomic E-state index is 0.345. The third-order valence-electron chi connectivity index (χ3n) is 3.91. The van der Waals surface area contributed by atoms with E-state index in [2.05, 4.69) is 40.7 Å². The summed E-state index contributed by atoms with van der Waals surface area (Å²) in [5, 5.41) is 5.51. The number of hydrogen-bond acceptors (Lipinski definition) is 4. The van der Waals surface area contributed by atoms with E-state index in [1.165, 1.54) is 21.9 Å². The van der Waals surface area contributed by atoms with Crippen LogP contribution in [0.15, 0.2) is 24.3 Å². The van der Waals surface area contributed by atoms with Gasteiger partial charge in [0, 0.05) is 13.1 Å². The van der Waals surface area contributed by atoms with Crippen molar-refractivity contribution in [3.8, 4) is 0 Å². The van der Waals surface area contributed by atoms with Crippen molar-refractivity contribution in [1.29, 1.82) is 0 Å². The topological polar surface area (TPSA) is 28.2 Å². The standard InChI is InChI=1S/C16H21N3S3/c1-21-11-5-9-17-16(20)19-10-4-7-13(19)15-18-12-6-2-3-8-14(12)22-15/h2-3,6,8,13H,4-5,7,9-11H2,1H3,(H,17,20)/t13-/m0/s1. The molecule has 1 aromatic carbocycles. The summed E-state index contributed by atoms with van der Waals surface area (Å²) in [4.78, 5) is 7.15. The summed E-state index contributed by atoms with van der Waals surface area (Å²) in [5.74, 6) is 1.18. The number of hydrogen-bond donors (Lipinski definition) is 1. The fourth-order valence-corrected chi connectivity index (χ4v) is 4.68. The van der Waals surface area contributed by atoms with Crippen LogP contribution in [0.3, 0.4) is 0 Å². The van der Waals surface area contributed by atoms with Crippen LogP contribution >= 0.6 is 35.3 Å². The van der Waals surface area contributed by atoms with E-state index in [0.29, 0.717) is 6.04 Å². The second-order valence-electron chi connectivity index (χ2n) is 5.45. The van der Waals surface area contributed by atoms with E-state index < -0.39 is 0 Å². The van der Waals surface area contributed by atoms with Crippen molar-refractivity contribution in [3.63, 3.8) is 0 Å². The van der Waals surface area contributed by atoms with E-state index in [0.717, 1.165) is 36.6 Å². The largest absolute Gasteiger partial charge is 0.363 e. The van der Waals surface area contributed by atoms with Gasteiger partial charge in [0.25, 0.3) is 0 Å². The molecule has 0 amide bonds. The van der Waals surface area contributed by atoms with Gasteiger partial charge in [0.2, 0.25) is 0 Å². The summed E-state index contributed by atoms with van der Waals surface area (Å²) < 4.78 is 1.27. The van der Waals surface area contributed by atoms with E-state index in [4.69, 9.17) is 17.2 Å². The molecule has 2 aromatic rings. The predicted molar refractivity (Wildman–Crippen MR) is 102 cm³/mol. The molecule has 0 spiro atoms. The lowest BCUT2D eigenvalue weighted by atomic mass is 10.2. The van der Waals surface area contributed by atoms with E-state index >= 15 is 0 Å². The van der Waals surface area contributed by atoms with E-state index in [9.17, 15) is 0 Å². The number of thiocarbonyl (C=S) groups is 1. The predicted octanol–water partition coefficient (Wildman–Crippen LogP) is 4.06. The number of likely N-dealkylation sites (tertiary alicyclic amines) is 1. The molecule has 0 aliphatic carbocycles. The molecule has 0 radical (unpaired) electrons. The van der Waals surface area contributed by atoms with Gasteiger partial charge < -0.3 is 10.2 Å². The lowest BCUT2D eigenvalue weighted by Gasteiger charge is -2.26. The number of para-hydroxylation sites is 1. The van der Waals surface area contributed by atoms with Crippen molar-refractivity contribution in [2.75, 3.05) is 25.1 Å². The zero-order chi connectivity index (χ0) is 15.4. The van der Waals surface area contributed by atoms with Crippen LogP contribution < -0.4 is 5.32 Å². The van der Waals surface area contributed by atoms with Crippen LogP contribution in [0.2, 0.25) is 0 Å². The fourth-order valence-electron chi connectivity index (χ4n) is 2.81. The van der Waals surface area contributed by atoms with Gasteiger partial charge in [-0.25, -0.2) is 4.98 Å². The highest BCUT2D eigenvalue weighted by Gasteiger charge is 2.30. The number of thiazole rings is 1. The van der Waals surface area contributed by atoms with Gasteiger partial charge in [-0.15, -0.1) is 11.3 Å². The number of nitrogens with one attached hydrogen (secondary N) is 1. The van der Waals surface area contributed by atoms with Gasteiger partial charge in [0.05, 0.1) is 16.3 Å². The second kappa shape index (κ2) is 7.62. The maximum absolute atomic E-state index is 5.61. The van der Waals surface area contributed by atoms with Gasteiger partial charge in [-0.05, 0) is 55.6 Å². The Balaban J connectivity index is 1.68. The Bertz CT molecular complexity index is 607. The van der Waals surface area contributed by atoms with Gasteiger partial charge in [-0.2, -0.15) is 11.8 Å². The number of fused-ring (bicyclic) bond motifs is 1. The Hall–Kier alpha value is -0.850. The van der Waals surface area contributed by atoms with Crippen LogP contribution in [-0.4, -0.2) is 40.1 Å². The number of benzene rings is 1. The molecule has 1 aliphatic heterocycles. The van der Waals surface area contributed by atoms with Crippen molar-refractivity contribution in [3.05, 3.63) is 29.3 Å². The summed E-state index contributed by atoms with van der Waals surface area (Å²) in [6.45, 7) is 2.00. The van der Waals surface area contributed by atoms with Crippen LogP contribution in [0.25, 0.3) is 10.2 Å². The van der Waals surface area contributed by atoms with Crippen LogP contribution in [0.1, 0.15) is 30.3 Å². The van der Waals surface area contributed by atoms with Crippen LogP contribution in [-0.2, 0) is 0 Å². The normalized spacial score (nSPS) is 18.0. The summed E-state index contributed by atoms with van der Waals surface area (Å²) in [7, 11) is 0. The molecule has 1 saturated heterocycles. The zero-order valence-electron chi connectivity index (χ0n) is 12.7. The lowest BCUT2D eigenvalue weighted by molar-refractivity contribution is 0.393. The number of aromatic nitrogens is 1. The maximum Gasteiger partial charge on any atom is 0.169 e. The highest BCUT2D eigenvalue weighted by atomic mass is 32.2. The van der Waals surface area contributed by atoms with Crippen molar-refractivity contribution in [1.82, 2.24) is 15.2 Å². The Labute approximate surface area is 145 Å². The Morgan fingerprint density at radius 2 is 2.36 bits per heavy atom. The van der Waals surface area contributed by atoms with Gasteiger partial charge >= 0.3 is 0 Å². The molecular weight excluding hydrogens is 330 g/mol. The first-order chi connectivity index (χ1) is 10.8. The van der Waals surface area contributed by atoms with Gasteiger partial charge in [0.1, 0.15) is 5.01 Å². The van der Waals surface area contributed by atoms with Gasteiger partial charge in [0.15, 0.2) is 5.11 Å². The number of thioether (sulfide) groups is 1. The molecule has 22 heavy (non-hydrogen) atoms. The third-order valence-corrected chi connectivity index (χ3v) is 6.12. The Morgan fingerprint density at radius 3 is 3.18 bits per heavy atom. The molecular formula is C16H21N3S3. The van der Waals surface area contributed by atoms with Gasteiger partial charge in [-0.1, -0.05) is 12.1 Å². The highest BCUT2D eigenvalue weighted by Crippen LogP contribution is 2.36. The van der Waals surface area contributed by atoms with E-state index in [1.807, 2.05) is 11.8 Å². The minimum Gasteiger partial charge on any atom is -0.363 e. The molecule has 0 saturated carbocycles. The maximum atomic E-state index is 5.61. The first-order valence-electron chi connectivity index (χ1n) is 7.68. The van der Waals surface area contributed by atoms with Gasteiger partial charge in [-0.3, -0.25) is 0 Å². The molecule has 3 rings (SSSR count). The van der Waals surface area contributed by atoms with Crippen molar-refractivity contribution < 1.29 is 0 Å². The first kappa shape index (κ1) is 16.0. The molecule has 1 aromatic heterocycles. The van der Waals surface area contributed by atoms with Crippen LogP contribution in [0, 0.1) is 0 Å². The summed E-state index contributed by atoms with van der Waals surface area (Å²) in [5.41, 5.74) is 1.10. The average molecular weight is 352 g/mol. The SMILES string of the molecule is CSCCCNC(=S)N1CCC[C@H]1c1nc2ccccc2s1. The second-order valence-corrected chi connectivity index (χ2v) is 7.88. The monoisotopic (exact) mass is 351 g/mol. The lowest BCUT2D eigenvalue weighted by Crippen LogP contribution is -2.39. The Morgan fingerprint density at radius 1 is 1.50 bits per heavy atom. The molecule has 1 fully saturated rings. The van der Waals surface area contributed by atoms with Crippen LogP contribution in [0.4, 0.5) is 0 Å². The molecule has 6 heteroatoms. The molecule has 2 heterocycles. The third kappa shape index (κ3) is 3.55. The molecule has 1 aliphatic rings. The van der Waals surface area contributed by atoms with Crippen molar-refractivity contribution in [2.24, 2.45) is 0 Å². The summed E-state index contributed by atoms with van der Waals surface area (Å²) in [6, 6.07) is 8.71. The number of nitrogens with zero attached hydrogens (tertiary/aromatic N) is 2. The van der Waals surface area contributed by atoms with E-state index in [1.54, 1.807) is 11.3 Å². The minimum atomic E-state index is 0.345. The quantitative estimate of drug-likeness (QED) is 0.648. The smallest absolute Gasteiger partial charge is 0.169 e. The molecule has 3 nitrogen and oxygen atoms in total. The molecule has 118 valence electrons. The van der Waals surface area contributed by atoms with Crippen LogP contribution in [0.5, 0.6) is 0 Å². The number of rotatable bonds is 5. The zero-order valence-corrected chi connectivity index (χ0v) is 15.2. The fraction of sp³-hybridized carbons (Fsp3) is 0.500. The van der Waals surface area contributed by atoms with E-state index in [-0.39, 0.29) is 0 Å². The average Bonchev–Trinajstić information content (AvgIpc) is 3.16. The van der Waals surface area contributed by atoms with Crippen molar-refractivity contribution >= 4 is 50.6 Å². The molecule has 0 bridgehead atoms. The highest BCUT2D eigenvalue weighted by molar-refractivity contribution is 7.98. The Kier molecular flexibility index (Phi) is 5.55. The first-order valence-corrected chi connectivity index (χ1v) is 10.3.